The van der Waals surface area contributed by atoms with Crippen LogP contribution in [-0.2, 0) is 11.9 Å². The van der Waals surface area contributed by atoms with Gasteiger partial charge in [-0.3, -0.25) is 9.36 Å². The monoisotopic (exact) mass is 361 g/mol. The van der Waals surface area contributed by atoms with Crippen LogP contribution in [0.5, 0.6) is 0 Å². The van der Waals surface area contributed by atoms with Crippen LogP contribution in [0.15, 0.2) is 53.3 Å². The summed E-state index contributed by atoms with van der Waals surface area (Å²) in [6.45, 7) is 0. The third-order valence-corrected chi connectivity index (χ3v) is 4.08. The summed E-state index contributed by atoms with van der Waals surface area (Å²) in [4.78, 5) is 17.2. The number of hydrogen-bond donors (Lipinski definition) is 0. The van der Waals surface area contributed by atoms with Gasteiger partial charge in [0.2, 0.25) is 0 Å². The Morgan fingerprint density at radius 2 is 1.88 bits per heavy atom. The summed E-state index contributed by atoms with van der Waals surface area (Å²) in [6.07, 6.45) is -4.55. The molecule has 3 aromatic rings. The van der Waals surface area contributed by atoms with Gasteiger partial charge in [0.1, 0.15) is 11.2 Å². The van der Waals surface area contributed by atoms with Gasteiger partial charge in [-0.25, -0.2) is 4.98 Å². The van der Waals surface area contributed by atoms with Crippen molar-refractivity contribution in [3.63, 3.8) is 0 Å². The number of para-hydroxylation sites is 1. The van der Waals surface area contributed by atoms with Crippen molar-refractivity contribution in [2.75, 3.05) is 0 Å². The van der Waals surface area contributed by atoms with E-state index in [9.17, 15) is 18.0 Å². The molecular formula is C17H10F3N3OS. The molecular weight excluding hydrogens is 351 g/mol. The minimum Gasteiger partial charge on any atom is -0.268 e. The van der Waals surface area contributed by atoms with Crippen LogP contribution in [0, 0.1) is 10.7 Å². The van der Waals surface area contributed by atoms with Gasteiger partial charge in [-0.1, -0.05) is 18.2 Å². The molecule has 0 unspecified atom stereocenters. The topological polar surface area (TPSA) is 58.7 Å². The molecule has 0 spiro atoms. The molecule has 0 atom stereocenters. The van der Waals surface area contributed by atoms with Crippen LogP contribution in [0.2, 0.25) is 0 Å². The van der Waals surface area contributed by atoms with Crippen LogP contribution < -0.4 is 5.56 Å². The summed E-state index contributed by atoms with van der Waals surface area (Å²) in [5.41, 5.74) is -0.861. The van der Waals surface area contributed by atoms with Crippen LogP contribution >= 0.6 is 11.8 Å². The molecule has 0 bridgehead atoms. The summed E-state index contributed by atoms with van der Waals surface area (Å²) in [5, 5.41) is 10.6. The number of thioether (sulfide) groups is 1. The fourth-order valence-corrected chi connectivity index (χ4v) is 2.83. The van der Waals surface area contributed by atoms with Crippen molar-refractivity contribution in [1.82, 2.24) is 9.55 Å². The van der Waals surface area contributed by atoms with Gasteiger partial charge in [0.05, 0.1) is 27.9 Å². The van der Waals surface area contributed by atoms with Crippen molar-refractivity contribution >= 4 is 22.7 Å². The summed E-state index contributed by atoms with van der Waals surface area (Å²) in [7, 11) is 0. The van der Waals surface area contributed by atoms with E-state index >= 15 is 0 Å². The molecule has 126 valence electrons. The molecule has 0 amide bonds. The number of alkyl halides is 3. The molecule has 4 nitrogen and oxygen atoms in total. The van der Waals surface area contributed by atoms with Gasteiger partial charge >= 0.3 is 6.18 Å². The van der Waals surface area contributed by atoms with E-state index in [1.54, 1.807) is 30.3 Å². The highest BCUT2D eigenvalue weighted by Crippen LogP contribution is 2.30. The molecule has 0 radical (unpaired) electrons. The second-order valence-electron chi connectivity index (χ2n) is 5.11. The van der Waals surface area contributed by atoms with Crippen molar-refractivity contribution in [3.8, 4) is 11.1 Å². The molecule has 3 rings (SSSR count). The lowest BCUT2D eigenvalue weighted by atomic mass is 10.1. The fourth-order valence-electron chi connectivity index (χ4n) is 2.44. The van der Waals surface area contributed by atoms with E-state index in [-0.39, 0.29) is 16.7 Å². The van der Waals surface area contributed by atoms with Gasteiger partial charge < -0.3 is 0 Å². The van der Waals surface area contributed by atoms with Crippen molar-refractivity contribution in [1.29, 1.82) is 5.26 Å². The average molecular weight is 361 g/mol. The number of benzene rings is 2. The van der Waals surface area contributed by atoms with E-state index in [1.807, 2.05) is 5.40 Å². The molecule has 1 heterocycles. The Morgan fingerprint density at radius 1 is 1.16 bits per heavy atom. The van der Waals surface area contributed by atoms with Gasteiger partial charge in [-0.2, -0.15) is 18.4 Å². The number of thiocyanates is 1. The van der Waals surface area contributed by atoms with Crippen LogP contribution in [0.25, 0.3) is 16.6 Å². The zero-order valence-electron chi connectivity index (χ0n) is 12.6. The Morgan fingerprint density at radius 3 is 2.52 bits per heavy atom. The first-order valence-electron chi connectivity index (χ1n) is 7.11. The average Bonchev–Trinajstić information content (AvgIpc) is 2.59. The van der Waals surface area contributed by atoms with E-state index < -0.39 is 17.3 Å². The molecule has 0 aliphatic heterocycles. The van der Waals surface area contributed by atoms with Gasteiger partial charge in [0.15, 0.2) is 0 Å². The number of halogens is 3. The lowest BCUT2D eigenvalue weighted by Crippen LogP contribution is -2.24. The van der Waals surface area contributed by atoms with Crippen LogP contribution in [0.4, 0.5) is 13.2 Å². The number of hydrogen-bond acceptors (Lipinski definition) is 4. The second kappa shape index (κ2) is 6.61. The van der Waals surface area contributed by atoms with E-state index in [2.05, 4.69) is 4.98 Å². The Kier molecular flexibility index (Phi) is 4.51. The number of fused-ring (bicyclic) bond motifs is 1. The Labute approximate surface area is 144 Å². The maximum atomic E-state index is 12.9. The minimum absolute atomic E-state index is 0.121. The van der Waals surface area contributed by atoms with Crippen LogP contribution in [0.3, 0.4) is 0 Å². The van der Waals surface area contributed by atoms with Gasteiger partial charge in [0, 0.05) is 0 Å². The number of nitriles is 1. The lowest BCUT2D eigenvalue weighted by molar-refractivity contribution is -0.137. The first-order chi connectivity index (χ1) is 11.9. The Bertz CT molecular complexity index is 1020. The van der Waals surface area contributed by atoms with E-state index in [1.165, 1.54) is 10.6 Å². The molecule has 0 saturated carbocycles. The maximum Gasteiger partial charge on any atom is 0.416 e. The maximum absolute atomic E-state index is 12.9. The highest BCUT2D eigenvalue weighted by atomic mass is 32.2. The van der Waals surface area contributed by atoms with Crippen LogP contribution in [-0.4, -0.2) is 9.55 Å². The number of aromatic nitrogens is 2. The van der Waals surface area contributed by atoms with Crippen LogP contribution in [0.1, 0.15) is 11.4 Å². The highest BCUT2D eigenvalue weighted by molar-refractivity contribution is 8.02. The van der Waals surface area contributed by atoms with Gasteiger partial charge in [-0.15, -0.1) is 0 Å². The largest absolute Gasteiger partial charge is 0.416 e. The first-order valence-corrected chi connectivity index (χ1v) is 8.09. The summed E-state index contributed by atoms with van der Waals surface area (Å²) >= 11 is 0.898. The molecule has 2 aromatic carbocycles. The Hall–Kier alpha value is -2.79. The highest BCUT2D eigenvalue weighted by Gasteiger charge is 2.31. The van der Waals surface area contributed by atoms with Crippen molar-refractivity contribution < 1.29 is 13.2 Å². The SMILES string of the molecule is N#CSCc1nc2ccc(C(F)(F)F)cc2c(=O)n1-c1ccccc1. The molecule has 1 aromatic heterocycles. The Balaban J connectivity index is 2.32. The number of rotatable bonds is 3. The fraction of sp³-hybridized carbons (Fsp3) is 0.118. The predicted octanol–water partition coefficient (Wildman–Crippen LogP) is 4.12. The first kappa shape index (κ1) is 17.0. The molecule has 8 heteroatoms. The summed E-state index contributed by atoms with van der Waals surface area (Å²) < 4.78 is 40.1. The number of nitrogens with zero attached hydrogens (tertiary/aromatic N) is 3. The van der Waals surface area contributed by atoms with E-state index in [0.717, 1.165) is 23.9 Å². The normalized spacial score (nSPS) is 11.4. The van der Waals surface area contributed by atoms with Crippen molar-refractivity contribution in [2.45, 2.75) is 11.9 Å². The quantitative estimate of drug-likeness (QED) is 0.659. The van der Waals surface area contributed by atoms with Gasteiger partial charge in [-0.05, 0) is 42.1 Å². The third kappa shape index (κ3) is 3.37. The predicted molar refractivity (Wildman–Crippen MR) is 89.2 cm³/mol. The summed E-state index contributed by atoms with van der Waals surface area (Å²) in [5.74, 6) is 0.437. The lowest BCUT2D eigenvalue weighted by Gasteiger charge is -2.13. The third-order valence-electron chi connectivity index (χ3n) is 3.55. The molecule has 0 N–H and O–H groups in total. The molecule has 0 saturated heterocycles. The zero-order chi connectivity index (χ0) is 18.0. The smallest absolute Gasteiger partial charge is 0.268 e. The standard InChI is InChI=1S/C17H10F3N3OS/c18-17(19,20)11-6-7-14-13(8-11)16(24)23(12-4-2-1-3-5-12)15(22-14)9-25-10-21/h1-8H,9H2. The van der Waals surface area contributed by atoms with Crippen molar-refractivity contribution in [3.05, 3.63) is 70.3 Å². The minimum atomic E-state index is -4.55. The summed E-state index contributed by atoms with van der Waals surface area (Å²) in [6, 6.07) is 11.4. The van der Waals surface area contributed by atoms with Crippen molar-refractivity contribution in [2.24, 2.45) is 0 Å². The van der Waals surface area contributed by atoms with E-state index in [4.69, 9.17) is 5.26 Å². The van der Waals surface area contributed by atoms with Gasteiger partial charge in [0.25, 0.3) is 5.56 Å². The second-order valence-corrected chi connectivity index (χ2v) is 5.87. The molecule has 0 aliphatic rings. The van der Waals surface area contributed by atoms with E-state index in [0.29, 0.717) is 11.5 Å². The molecule has 0 aliphatic carbocycles. The zero-order valence-corrected chi connectivity index (χ0v) is 13.4. The molecule has 25 heavy (non-hydrogen) atoms. The molecule has 0 fully saturated rings.